The standard InChI is InChI=1S/C16H24N2O2/c1-3-16(9-10-17-13-16)15(19)18(2)11-12-20-14-7-5-4-6-8-14/h4-8,17H,3,9-13H2,1-2H3. The molecule has 1 saturated heterocycles. The van der Waals surface area contributed by atoms with Crippen LogP contribution in [-0.4, -0.2) is 44.1 Å². The molecule has 20 heavy (non-hydrogen) atoms. The molecule has 0 radical (unpaired) electrons. The van der Waals surface area contributed by atoms with Gasteiger partial charge in [-0.15, -0.1) is 0 Å². The van der Waals surface area contributed by atoms with Gasteiger partial charge in [0, 0.05) is 13.6 Å². The van der Waals surface area contributed by atoms with Crippen molar-refractivity contribution in [1.29, 1.82) is 0 Å². The van der Waals surface area contributed by atoms with Crippen LogP contribution in [0.3, 0.4) is 0 Å². The van der Waals surface area contributed by atoms with Crippen molar-refractivity contribution in [3.05, 3.63) is 30.3 Å². The first kappa shape index (κ1) is 14.9. The van der Waals surface area contributed by atoms with Gasteiger partial charge in [-0.3, -0.25) is 4.79 Å². The third kappa shape index (κ3) is 3.31. The number of carbonyl (C=O) groups is 1. The highest BCUT2D eigenvalue weighted by Gasteiger charge is 2.40. The number of hydrogen-bond acceptors (Lipinski definition) is 3. The van der Waals surface area contributed by atoms with Gasteiger partial charge in [0.2, 0.25) is 5.91 Å². The number of para-hydroxylation sites is 1. The van der Waals surface area contributed by atoms with Gasteiger partial charge in [0.05, 0.1) is 12.0 Å². The summed E-state index contributed by atoms with van der Waals surface area (Å²) in [5.74, 6) is 1.09. The number of nitrogens with one attached hydrogen (secondary N) is 1. The third-order valence-corrected chi connectivity index (χ3v) is 4.16. The van der Waals surface area contributed by atoms with Gasteiger partial charge in [0.15, 0.2) is 0 Å². The Morgan fingerprint density at radius 1 is 1.40 bits per heavy atom. The van der Waals surface area contributed by atoms with Crippen molar-refractivity contribution in [3.63, 3.8) is 0 Å². The van der Waals surface area contributed by atoms with E-state index in [-0.39, 0.29) is 11.3 Å². The number of carbonyl (C=O) groups excluding carboxylic acids is 1. The molecule has 1 amide bonds. The van der Waals surface area contributed by atoms with Gasteiger partial charge < -0.3 is 15.0 Å². The van der Waals surface area contributed by atoms with Crippen LogP contribution in [0.15, 0.2) is 30.3 Å². The van der Waals surface area contributed by atoms with E-state index in [1.807, 2.05) is 37.4 Å². The molecule has 110 valence electrons. The van der Waals surface area contributed by atoms with Crippen LogP contribution >= 0.6 is 0 Å². The molecule has 1 heterocycles. The summed E-state index contributed by atoms with van der Waals surface area (Å²) >= 11 is 0. The maximum Gasteiger partial charge on any atom is 0.229 e. The quantitative estimate of drug-likeness (QED) is 0.863. The molecule has 1 unspecified atom stereocenters. The molecule has 0 aromatic heterocycles. The predicted octanol–water partition coefficient (Wildman–Crippen LogP) is 1.91. The second kappa shape index (κ2) is 6.75. The Labute approximate surface area is 121 Å². The van der Waals surface area contributed by atoms with Crippen molar-refractivity contribution >= 4 is 5.91 Å². The smallest absolute Gasteiger partial charge is 0.229 e. The maximum absolute atomic E-state index is 12.6. The summed E-state index contributed by atoms with van der Waals surface area (Å²) in [6, 6.07) is 9.70. The molecular weight excluding hydrogens is 252 g/mol. The lowest BCUT2D eigenvalue weighted by atomic mass is 9.83. The van der Waals surface area contributed by atoms with E-state index in [9.17, 15) is 4.79 Å². The molecule has 0 saturated carbocycles. The third-order valence-electron chi connectivity index (χ3n) is 4.16. The fourth-order valence-electron chi connectivity index (χ4n) is 2.70. The van der Waals surface area contributed by atoms with Crippen molar-refractivity contribution in [2.45, 2.75) is 19.8 Å². The SMILES string of the molecule is CCC1(C(=O)N(C)CCOc2ccccc2)CCNC1. The van der Waals surface area contributed by atoms with E-state index in [2.05, 4.69) is 12.2 Å². The van der Waals surface area contributed by atoms with Gasteiger partial charge in [0.1, 0.15) is 12.4 Å². The molecule has 1 aliphatic rings. The van der Waals surface area contributed by atoms with Crippen LogP contribution < -0.4 is 10.1 Å². The maximum atomic E-state index is 12.6. The summed E-state index contributed by atoms with van der Waals surface area (Å²) in [5.41, 5.74) is -0.207. The molecular formula is C16H24N2O2. The van der Waals surface area contributed by atoms with E-state index in [4.69, 9.17) is 4.74 Å². The fourth-order valence-corrected chi connectivity index (χ4v) is 2.70. The second-order valence-corrected chi connectivity index (χ2v) is 5.45. The molecule has 2 rings (SSSR count). The van der Waals surface area contributed by atoms with E-state index in [1.54, 1.807) is 4.90 Å². The molecule has 1 aromatic carbocycles. The van der Waals surface area contributed by atoms with Gasteiger partial charge in [-0.25, -0.2) is 0 Å². The number of rotatable bonds is 6. The summed E-state index contributed by atoms with van der Waals surface area (Å²) in [6.45, 7) is 4.98. The number of likely N-dealkylation sites (N-methyl/N-ethyl adjacent to an activating group) is 1. The minimum absolute atomic E-state index is 0.207. The van der Waals surface area contributed by atoms with Crippen molar-refractivity contribution in [3.8, 4) is 5.75 Å². The van der Waals surface area contributed by atoms with Crippen LogP contribution in [0.2, 0.25) is 0 Å². The van der Waals surface area contributed by atoms with Crippen molar-refractivity contribution in [2.24, 2.45) is 5.41 Å². The molecule has 1 atom stereocenters. The first-order valence-corrected chi connectivity index (χ1v) is 7.32. The van der Waals surface area contributed by atoms with E-state index in [1.165, 1.54) is 0 Å². The summed E-state index contributed by atoms with van der Waals surface area (Å²) in [7, 11) is 1.87. The Morgan fingerprint density at radius 2 is 2.15 bits per heavy atom. The Bertz CT molecular complexity index is 427. The number of ether oxygens (including phenoxy) is 1. The molecule has 1 N–H and O–H groups in total. The average molecular weight is 276 g/mol. The predicted molar refractivity (Wildman–Crippen MR) is 79.8 cm³/mol. The lowest BCUT2D eigenvalue weighted by Crippen LogP contribution is -2.44. The van der Waals surface area contributed by atoms with Crippen LogP contribution in [0.1, 0.15) is 19.8 Å². The van der Waals surface area contributed by atoms with Crippen LogP contribution in [0.5, 0.6) is 5.75 Å². The normalized spacial score (nSPS) is 21.7. The molecule has 4 nitrogen and oxygen atoms in total. The molecule has 1 fully saturated rings. The molecule has 4 heteroatoms. The van der Waals surface area contributed by atoms with Gasteiger partial charge in [-0.2, -0.15) is 0 Å². The van der Waals surface area contributed by atoms with E-state index in [0.29, 0.717) is 13.2 Å². The van der Waals surface area contributed by atoms with Crippen LogP contribution in [0.4, 0.5) is 0 Å². The van der Waals surface area contributed by atoms with Crippen molar-refractivity contribution < 1.29 is 9.53 Å². The average Bonchev–Trinajstić information content (AvgIpc) is 2.97. The Morgan fingerprint density at radius 3 is 2.75 bits per heavy atom. The second-order valence-electron chi connectivity index (χ2n) is 5.45. The number of hydrogen-bond donors (Lipinski definition) is 1. The van der Waals surface area contributed by atoms with Gasteiger partial charge in [-0.1, -0.05) is 25.1 Å². The Kier molecular flexibility index (Phi) is 5.01. The van der Waals surface area contributed by atoms with Crippen molar-refractivity contribution in [2.75, 3.05) is 33.3 Å². The molecule has 1 aliphatic heterocycles. The largest absolute Gasteiger partial charge is 0.492 e. The monoisotopic (exact) mass is 276 g/mol. The lowest BCUT2D eigenvalue weighted by Gasteiger charge is -2.30. The Balaban J connectivity index is 1.82. The minimum atomic E-state index is -0.207. The van der Waals surface area contributed by atoms with Crippen LogP contribution in [0.25, 0.3) is 0 Å². The van der Waals surface area contributed by atoms with Crippen LogP contribution in [0, 0.1) is 5.41 Å². The molecule has 1 aromatic rings. The summed E-state index contributed by atoms with van der Waals surface area (Å²) in [5, 5.41) is 3.30. The van der Waals surface area contributed by atoms with E-state index in [0.717, 1.165) is 31.7 Å². The highest BCUT2D eigenvalue weighted by atomic mass is 16.5. The number of nitrogens with zero attached hydrogens (tertiary/aromatic N) is 1. The van der Waals surface area contributed by atoms with E-state index >= 15 is 0 Å². The van der Waals surface area contributed by atoms with Gasteiger partial charge in [0.25, 0.3) is 0 Å². The number of benzene rings is 1. The highest BCUT2D eigenvalue weighted by Crippen LogP contribution is 2.31. The fraction of sp³-hybridized carbons (Fsp3) is 0.562. The summed E-state index contributed by atoms with van der Waals surface area (Å²) in [4.78, 5) is 14.4. The Hall–Kier alpha value is -1.55. The highest BCUT2D eigenvalue weighted by molar-refractivity contribution is 5.83. The topological polar surface area (TPSA) is 41.6 Å². The number of amides is 1. The molecule has 0 spiro atoms. The molecule has 0 aliphatic carbocycles. The first-order chi connectivity index (χ1) is 9.68. The zero-order chi connectivity index (χ0) is 14.4. The zero-order valence-electron chi connectivity index (χ0n) is 12.4. The van der Waals surface area contributed by atoms with E-state index < -0.39 is 0 Å². The first-order valence-electron chi connectivity index (χ1n) is 7.32. The van der Waals surface area contributed by atoms with Gasteiger partial charge in [-0.05, 0) is 31.5 Å². The summed E-state index contributed by atoms with van der Waals surface area (Å²) in [6.07, 6.45) is 1.83. The van der Waals surface area contributed by atoms with Gasteiger partial charge >= 0.3 is 0 Å². The van der Waals surface area contributed by atoms with Crippen LogP contribution in [-0.2, 0) is 4.79 Å². The molecule has 0 bridgehead atoms. The summed E-state index contributed by atoms with van der Waals surface area (Å²) < 4.78 is 5.65. The lowest BCUT2D eigenvalue weighted by molar-refractivity contribution is -0.140. The minimum Gasteiger partial charge on any atom is -0.492 e. The zero-order valence-corrected chi connectivity index (χ0v) is 12.4. The van der Waals surface area contributed by atoms with Crippen molar-refractivity contribution in [1.82, 2.24) is 10.2 Å².